The van der Waals surface area contributed by atoms with Crippen molar-refractivity contribution >= 4 is 0 Å². The van der Waals surface area contributed by atoms with Gasteiger partial charge in [0, 0.05) is 0 Å². The average molecular weight is 222 g/mol. The molecule has 0 aromatic rings. The molecule has 0 spiro atoms. The highest BCUT2D eigenvalue weighted by atomic mass is 19.1. The number of hydrogen-bond acceptors (Lipinski definition) is 5. The van der Waals surface area contributed by atoms with Gasteiger partial charge in [-0.1, -0.05) is 0 Å². The molecule has 6 heteroatoms. The lowest BCUT2D eigenvalue weighted by Crippen LogP contribution is -2.40. The number of rotatable bonds is 2. The first-order valence-electron chi connectivity index (χ1n) is 4.89. The Morgan fingerprint density at radius 2 is 2.07 bits per heavy atom. The van der Waals surface area contributed by atoms with Crippen LogP contribution in [0.4, 0.5) is 4.39 Å². The molecular weight excluding hydrogens is 207 g/mol. The molecule has 2 rings (SSSR count). The van der Waals surface area contributed by atoms with E-state index in [0.717, 1.165) is 0 Å². The minimum atomic E-state index is -1.49. The van der Waals surface area contributed by atoms with E-state index in [2.05, 4.69) is 0 Å². The van der Waals surface area contributed by atoms with E-state index in [1.807, 2.05) is 0 Å². The number of aliphatic hydroxyl groups excluding tert-OH is 2. The van der Waals surface area contributed by atoms with Crippen molar-refractivity contribution in [3.63, 3.8) is 0 Å². The van der Waals surface area contributed by atoms with Gasteiger partial charge in [-0.25, -0.2) is 4.39 Å². The van der Waals surface area contributed by atoms with E-state index in [-0.39, 0.29) is 0 Å². The molecule has 0 saturated carbocycles. The lowest BCUT2D eigenvalue weighted by Gasteiger charge is -2.23. The second-order valence-corrected chi connectivity index (χ2v) is 4.26. The zero-order valence-electron chi connectivity index (χ0n) is 8.59. The molecule has 2 fully saturated rings. The standard InChI is InChI=1S/C9H15FO5/c1-9(2)14-7-5(10)6(4(12)3-11)13-8(7)15-9/h4-8,11-12H,3H2,1-2H3/t4?,5?,6-,7-,8-/m1/s1. The van der Waals surface area contributed by atoms with Crippen LogP contribution in [0.5, 0.6) is 0 Å². The summed E-state index contributed by atoms with van der Waals surface area (Å²) in [5.74, 6) is -0.866. The van der Waals surface area contributed by atoms with E-state index in [1.165, 1.54) is 0 Å². The number of hydrogen-bond donors (Lipinski definition) is 2. The fourth-order valence-electron chi connectivity index (χ4n) is 1.90. The van der Waals surface area contributed by atoms with Crippen molar-refractivity contribution in [1.82, 2.24) is 0 Å². The Morgan fingerprint density at radius 3 is 2.60 bits per heavy atom. The van der Waals surface area contributed by atoms with Gasteiger partial charge < -0.3 is 24.4 Å². The average Bonchev–Trinajstić information content (AvgIpc) is 2.60. The Balaban J connectivity index is 2.05. The Labute approximate surface area is 86.7 Å². The van der Waals surface area contributed by atoms with Crippen LogP contribution < -0.4 is 0 Å². The van der Waals surface area contributed by atoms with Crippen LogP contribution in [0, 0.1) is 0 Å². The molecule has 2 aliphatic rings. The molecule has 0 aliphatic carbocycles. The molecule has 0 aromatic heterocycles. The van der Waals surface area contributed by atoms with Crippen molar-refractivity contribution in [2.24, 2.45) is 0 Å². The van der Waals surface area contributed by atoms with Gasteiger partial charge in [-0.15, -0.1) is 0 Å². The Bertz CT molecular complexity index is 247. The van der Waals surface area contributed by atoms with Gasteiger partial charge >= 0.3 is 0 Å². The summed E-state index contributed by atoms with van der Waals surface area (Å²) in [4.78, 5) is 0. The molecule has 88 valence electrons. The summed E-state index contributed by atoms with van der Waals surface area (Å²) in [6, 6.07) is 0. The van der Waals surface area contributed by atoms with Gasteiger partial charge in [0.25, 0.3) is 0 Å². The van der Waals surface area contributed by atoms with Gasteiger partial charge in [-0.3, -0.25) is 0 Å². The maximum Gasteiger partial charge on any atom is 0.190 e. The van der Waals surface area contributed by atoms with Gasteiger partial charge in [0.15, 0.2) is 18.2 Å². The van der Waals surface area contributed by atoms with Crippen molar-refractivity contribution < 1.29 is 28.8 Å². The Morgan fingerprint density at radius 1 is 1.40 bits per heavy atom. The first kappa shape index (κ1) is 11.2. The van der Waals surface area contributed by atoms with Gasteiger partial charge in [-0.2, -0.15) is 0 Å². The van der Waals surface area contributed by atoms with Gasteiger partial charge in [0.1, 0.15) is 18.3 Å². The molecule has 2 N–H and O–H groups in total. The van der Waals surface area contributed by atoms with Crippen LogP contribution in [0.15, 0.2) is 0 Å². The predicted octanol–water partition coefficient (Wildman–Crippen LogP) is -0.446. The number of alkyl halides is 1. The van der Waals surface area contributed by atoms with Crippen molar-refractivity contribution in [2.75, 3.05) is 6.61 Å². The highest BCUT2D eigenvalue weighted by Crippen LogP contribution is 2.39. The summed E-state index contributed by atoms with van der Waals surface area (Å²) in [5, 5.41) is 18.0. The molecule has 0 amide bonds. The van der Waals surface area contributed by atoms with Crippen molar-refractivity contribution in [1.29, 1.82) is 0 Å². The number of ether oxygens (including phenoxy) is 3. The fourth-order valence-corrected chi connectivity index (χ4v) is 1.90. The molecule has 2 unspecified atom stereocenters. The summed E-state index contributed by atoms with van der Waals surface area (Å²) in [6.07, 6.45) is -5.45. The van der Waals surface area contributed by atoms with Crippen LogP contribution in [0.2, 0.25) is 0 Å². The summed E-state index contributed by atoms with van der Waals surface area (Å²) in [6.45, 7) is 2.78. The smallest absolute Gasteiger partial charge is 0.190 e. The van der Waals surface area contributed by atoms with E-state index in [1.54, 1.807) is 13.8 Å². The van der Waals surface area contributed by atoms with Crippen LogP contribution in [-0.2, 0) is 14.2 Å². The highest BCUT2D eigenvalue weighted by Gasteiger charge is 2.56. The molecule has 5 nitrogen and oxygen atoms in total. The van der Waals surface area contributed by atoms with Crippen molar-refractivity contribution in [3.8, 4) is 0 Å². The lowest BCUT2D eigenvalue weighted by molar-refractivity contribution is -0.222. The quantitative estimate of drug-likeness (QED) is 0.662. The maximum absolute atomic E-state index is 13.7. The summed E-state index contributed by atoms with van der Waals surface area (Å²) in [5.41, 5.74) is 0. The fraction of sp³-hybridized carbons (Fsp3) is 1.00. The van der Waals surface area contributed by atoms with E-state index in [9.17, 15) is 9.50 Å². The topological polar surface area (TPSA) is 68.2 Å². The SMILES string of the molecule is CC1(C)O[C@H]2O[C@H](C(O)CO)C(F)[C@H]2O1. The Hall–Kier alpha value is -0.270. The number of halogens is 1. The van der Waals surface area contributed by atoms with Crippen molar-refractivity contribution in [3.05, 3.63) is 0 Å². The van der Waals surface area contributed by atoms with E-state index >= 15 is 0 Å². The molecule has 2 saturated heterocycles. The molecule has 0 radical (unpaired) electrons. The minimum Gasteiger partial charge on any atom is -0.394 e. The van der Waals surface area contributed by atoms with Crippen molar-refractivity contribution in [2.45, 2.75) is 50.4 Å². The third-order valence-corrected chi connectivity index (χ3v) is 2.57. The largest absolute Gasteiger partial charge is 0.394 e. The monoisotopic (exact) mass is 222 g/mol. The molecular formula is C9H15FO5. The summed E-state index contributed by atoms with van der Waals surface area (Å²) < 4.78 is 29.5. The highest BCUT2D eigenvalue weighted by molar-refractivity contribution is 4.95. The van der Waals surface area contributed by atoms with E-state index in [0.29, 0.717) is 0 Å². The third-order valence-electron chi connectivity index (χ3n) is 2.57. The van der Waals surface area contributed by atoms with Crippen LogP contribution in [0.3, 0.4) is 0 Å². The van der Waals surface area contributed by atoms with E-state index in [4.69, 9.17) is 19.3 Å². The molecule has 0 aromatic carbocycles. The first-order valence-corrected chi connectivity index (χ1v) is 4.89. The van der Waals surface area contributed by atoms with Gasteiger partial charge in [0.2, 0.25) is 0 Å². The number of aliphatic hydroxyl groups is 2. The zero-order valence-corrected chi connectivity index (χ0v) is 8.59. The molecule has 2 heterocycles. The van der Waals surface area contributed by atoms with E-state index < -0.39 is 43.2 Å². The molecule has 2 aliphatic heterocycles. The predicted molar refractivity (Wildman–Crippen MR) is 46.7 cm³/mol. The normalized spacial score (nSPS) is 45.4. The second-order valence-electron chi connectivity index (χ2n) is 4.26. The first-order chi connectivity index (χ1) is 6.94. The lowest BCUT2D eigenvalue weighted by atomic mass is 10.1. The number of fused-ring (bicyclic) bond motifs is 1. The van der Waals surface area contributed by atoms with Gasteiger partial charge in [-0.05, 0) is 13.8 Å². The van der Waals surface area contributed by atoms with Crippen LogP contribution >= 0.6 is 0 Å². The van der Waals surface area contributed by atoms with Crippen LogP contribution in [0.1, 0.15) is 13.8 Å². The molecule has 0 bridgehead atoms. The van der Waals surface area contributed by atoms with Gasteiger partial charge in [0.05, 0.1) is 6.61 Å². The third kappa shape index (κ3) is 1.88. The molecule has 15 heavy (non-hydrogen) atoms. The maximum atomic E-state index is 13.7. The minimum absolute atomic E-state index is 0.548. The second kappa shape index (κ2) is 3.64. The molecule has 5 atom stereocenters. The zero-order chi connectivity index (χ0) is 11.2. The van der Waals surface area contributed by atoms with Crippen LogP contribution in [0.25, 0.3) is 0 Å². The Kier molecular flexibility index (Phi) is 2.72. The summed E-state index contributed by atoms with van der Waals surface area (Å²) >= 11 is 0. The van der Waals surface area contributed by atoms with Crippen LogP contribution in [-0.4, -0.2) is 53.4 Å². The summed E-state index contributed by atoms with van der Waals surface area (Å²) in [7, 11) is 0.